The Morgan fingerprint density at radius 2 is 1.83 bits per heavy atom. The van der Waals surface area contributed by atoms with Crippen molar-refractivity contribution in [3.63, 3.8) is 0 Å². The Morgan fingerprint density at radius 1 is 1.08 bits per heavy atom. The van der Waals surface area contributed by atoms with Crippen molar-refractivity contribution in [3.05, 3.63) is 71.3 Å². The molecule has 0 radical (unpaired) electrons. The topological polar surface area (TPSA) is 47.9 Å². The van der Waals surface area contributed by atoms with Crippen LogP contribution < -0.4 is 4.74 Å². The molecule has 24 heavy (non-hydrogen) atoms. The van der Waals surface area contributed by atoms with Gasteiger partial charge in [0, 0.05) is 5.56 Å². The van der Waals surface area contributed by atoms with Gasteiger partial charge < -0.3 is 9.57 Å². The molecule has 0 spiro atoms. The van der Waals surface area contributed by atoms with Gasteiger partial charge in [-0.05, 0) is 42.3 Å². The lowest BCUT2D eigenvalue weighted by atomic mass is 10.0. The number of carbonyl (C=O) groups is 1. The maximum atomic E-state index is 12.0. The third-order valence-corrected chi connectivity index (χ3v) is 3.70. The summed E-state index contributed by atoms with van der Waals surface area (Å²) in [7, 11) is 0. The summed E-state index contributed by atoms with van der Waals surface area (Å²) >= 11 is 0. The molecule has 1 aliphatic heterocycles. The Morgan fingerprint density at radius 3 is 2.54 bits per heavy atom. The van der Waals surface area contributed by atoms with Crippen LogP contribution in [0.25, 0.3) is 6.08 Å². The monoisotopic (exact) mass is 321 g/mol. The number of benzene rings is 2. The van der Waals surface area contributed by atoms with Gasteiger partial charge in [0.15, 0.2) is 0 Å². The first-order chi connectivity index (χ1) is 11.8. The maximum Gasteiger partial charge on any atom is 0.368 e. The summed E-state index contributed by atoms with van der Waals surface area (Å²) in [5.74, 6) is 0.378. The van der Waals surface area contributed by atoms with E-state index in [1.165, 1.54) is 0 Å². The first-order valence-electron chi connectivity index (χ1n) is 8.07. The van der Waals surface area contributed by atoms with Gasteiger partial charge in [0.25, 0.3) is 0 Å². The summed E-state index contributed by atoms with van der Waals surface area (Å²) in [6.07, 6.45) is 3.92. The Bertz CT molecular complexity index is 761. The van der Waals surface area contributed by atoms with E-state index in [0.29, 0.717) is 17.9 Å². The molecule has 0 saturated heterocycles. The number of carbonyl (C=O) groups excluding carboxylic acids is 1. The molecule has 0 aliphatic carbocycles. The van der Waals surface area contributed by atoms with Gasteiger partial charge in [-0.2, -0.15) is 0 Å². The molecule has 0 bridgehead atoms. The van der Waals surface area contributed by atoms with Gasteiger partial charge in [-0.25, -0.2) is 4.79 Å². The molecule has 1 aliphatic rings. The Labute approximate surface area is 141 Å². The molecule has 2 aromatic carbocycles. The van der Waals surface area contributed by atoms with E-state index in [9.17, 15) is 4.79 Å². The summed E-state index contributed by atoms with van der Waals surface area (Å²) in [5, 5.41) is 3.93. The molecular formula is C20H19NO3. The normalized spacial score (nSPS) is 15.3. The summed E-state index contributed by atoms with van der Waals surface area (Å²) in [6, 6.07) is 17.2. The molecule has 4 nitrogen and oxygen atoms in total. The van der Waals surface area contributed by atoms with Crippen molar-refractivity contribution in [1.29, 1.82) is 0 Å². The summed E-state index contributed by atoms with van der Waals surface area (Å²) < 4.78 is 5.65. The smallest absolute Gasteiger partial charge is 0.368 e. The van der Waals surface area contributed by atoms with E-state index < -0.39 is 5.97 Å². The van der Waals surface area contributed by atoms with Crippen LogP contribution in [0.5, 0.6) is 5.75 Å². The molecule has 0 N–H and O–H groups in total. The number of hydrogen-bond donors (Lipinski definition) is 0. The van der Waals surface area contributed by atoms with Gasteiger partial charge in [0.05, 0.1) is 12.2 Å². The largest absolute Gasteiger partial charge is 0.494 e. The fraction of sp³-hybridized carbons (Fsp3) is 0.200. The molecule has 3 rings (SSSR count). The highest BCUT2D eigenvalue weighted by molar-refractivity contribution is 6.31. The van der Waals surface area contributed by atoms with Crippen LogP contribution in [0.1, 0.15) is 30.9 Å². The van der Waals surface area contributed by atoms with Crippen molar-refractivity contribution in [1.82, 2.24) is 0 Å². The third kappa shape index (κ3) is 3.71. The highest BCUT2D eigenvalue weighted by Gasteiger charge is 2.26. The standard InChI is InChI=1S/C20H19NO3/c1-2-3-13-23-17-11-9-16(10-12-17)19-18(20(22)24-21-19)14-15-7-5-4-6-8-15/h4-12,14H,2-3,13H2,1H3. The Balaban J connectivity index is 1.80. The van der Waals surface area contributed by atoms with Gasteiger partial charge in [-0.15, -0.1) is 0 Å². The van der Waals surface area contributed by atoms with E-state index in [1.807, 2.05) is 54.6 Å². The van der Waals surface area contributed by atoms with Crippen LogP contribution in [0.15, 0.2) is 65.3 Å². The molecule has 0 fully saturated rings. The van der Waals surface area contributed by atoms with Crippen molar-refractivity contribution in [3.8, 4) is 5.75 Å². The summed E-state index contributed by atoms with van der Waals surface area (Å²) in [5.41, 5.74) is 2.76. The number of ether oxygens (including phenoxy) is 1. The van der Waals surface area contributed by atoms with Crippen LogP contribution in [-0.2, 0) is 9.63 Å². The second-order valence-corrected chi connectivity index (χ2v) is 5.51. The van der Waals surface area contributed by atoms with Crippen molar-refractivity contribution in [2.45, 2.75) is 19.8 Å². The molecular weight excluding hydrogens is 302 g/mol. The second-order valence-electron chi connectivity index (χ2n) is 5.51. The Hall–Kier alpha value is -2.88. The summed E-state index contributed by atoms with van der Waals surface area (Å²) in [4.78, 5) is 16.8. The van der Waals surface area contributed by atoms with Gasteiger partial charge in [0.1, 0.15) is 11.5 Å². The molecule has 4 heteroatoms. The third-order valence-electron chi connectivity index (χ3n) is 3.70. The van der Waals surface area contributed by atoms with E-state index in [2.05, 4.69) is 12.1 Å². The second kappa shape index (κ2) is 7.59. The average molecular weight is 321 g/mol. The molecule has 0 amide bonds. The van der Waals surface area contributed by atoms with Gasteiger partial charge in [0.2, 0.25) is 0 Å². The van der Waals surface area contributed by atoms with Crippen LogP contribution in [0.2, 0.25) is 0 Å². The lowest BCUT2D eigenvalue weighted by molar-refractivity contribution is -0.136. The van der Waals surface area contributed by atoms with Gasteiger partial charge in [-0.3, -0.25) is 0 Å². The molecule has 0 unspecified atom stereocenters. The summed E-state index contributed by atoms with van der Waals surface area (Å²) in [6.45, 7) is 2.83. The van der Waals surface area contributed by atoms with E-state index in [0.717, 1.165) is 29.7 Å². The number of unbranched alkanes of at least 4 members (excludes halogenated alkanes) is 1. The zero-order valence-electron chi connectivity index (χ0n) is 13.6. The van der Waals surface area contributed by atoms with Crippen molar-refractivity contribution in [2.24, 2.45) is 5.16 Å². The minimum absolute atomic E-state index is 0.433. The lowest BCUT2D eigenvalue weighted by Crippen LogP contribution is -2.07. The minimum atomic E-state index is -0.433. The van der Waals surface area contributed by atoms with Crippen molar-refractivity contribution in [2.75, 3.05) is 6.61 Å². The predicted molar refractivity (Wildman–Crippen MR) is 93.9 cm³/mol. The van der Waals surface area contributed by atoms with Gasteiger partial charge >= 0.3 is 5.97 Å². The van der Waals surface area contributed by atoms with Crippen LogP contribution in [0.4, 0.5) is 0 Å². The average Bonchev–Trinajstić information content (AvgIpc) is 2.97. The number of hydrogen-bond acceptors (Lipinski definition) is 4. The van der Waals surface area contributed by atoms with Crippen molar-refractivity contribution < 1.29 is 14.4 Å². The first kappa shape index (κ1) is 16.0. The van der Waals surface area contributed by atoms with Crippen LogP contribution in [0.3, 0.4) is 0 Å². The maximum absolute atomic E-state index is 12.0. The molecule has 0 saturated carbocycles. The van der Waals surface area contributed by atoms with E-state index in [-0.39, 0.29) is 0 Å². The molecule has 0 aromatic heterocycles. The lowest BCUT2D eigenvalue weighted by Gasteiger charge is -2.06. The van der Waals surface area contributed by atoms with Crippen LogP contribution in [-0.4, -0.2) is 18.3 Å². The van der Waals surface area contributed by atoms with Crippen LogP contribution >= 0.6 is 0 Å². The number of nitrogens with zero attached hydrogens (tertiary/aromatic N) is 1. The fourth-order valence-corrected chi connectivity index (χ4v) is 2.38. The first-order valence-corrected chi connectivity index (χ1v) is 8.07. The van der Waals surface area contributed by atoms with E-state index in [4.69, 9.17) is 9.57 Å². The highest BCUT2D eigenvalue weighted by atomic mass is 16.7. The van der Waals surface area contributed by atoms with Crippen LogP contribution in [0, 0.1) is 0 Å². The zero-order chi connectivity index (χ0) is 16.8. The number of oxime groups is 1. The fourth-order valence-electron chi connectivity index (χ4n) is 2.38. The molecule has 2 aromatic rings. The minimum Gasteiger partial charge on any atom is -0.494 e. The predicted octanol–water partition coefficient (Wildman–Crippen LogP) is 4.21. The molecule has 122 valence electrons. The van der Waals surface area contributed by atoms with E-state index >= 15 is 0 Å². The highest BCUT2D eigenvalue weighted by Crippen LogP contribution is 2.22. The zero-order valence-corrected chi connectivity index (χ0v) is 13.6. The van der Waals surface area contributed by atoms with Gasteiger partial charge in [-0.1, -0.05) is 48.8 Å². The van der Waals surface area contributed by atoms with E-state index in [1.54, 1.807) is 6.08 Å². The Kier molecular flexibility index (Phi) is 5.06. The number of rotatable bonds is 6. The van der Waals surface area contributed by atoms with Crippen molar-refractivity contribution >= 4 is 17.8 Å². The quantitative estimate of drug-likeness (QED) is 0.455. The molecule has 0 atom stereocenters. The molecule has 1 heterocycles. The SMILES string of the molecule is CCCCOc1ccc(C2=NOC(=O)C2=Cc2ccccc2)cc1.